The van der Waals surface area contributed by atoms with Gasteiger partial charge in [-0.3, -0.25) is 0 Å². The van der Waals surface area contributed by atoms with E-state index in [0.29, 0.717) is 6.61 Å². The van der Waals surface area contributed by atoms with Gasteiger partial charge in [-0.15, -0.1) is 0 Å². The van der Waals surface area contributed by atoms with E-state index in [0.717, 1.165) is 0 Å². The normalized spacial score (nSPS) is 5.62. The maximum Gasteiger partial charge on any atom is 0.268 e. The number of aliphatic hydroxyl groups excluding tert-OH is 1. The Kier molecular flexibility index (Phi) is 19.7. The van der Waals surface area contributed by atoms with Crippen LogP contribution in [-0.4, -0.2) is 11.7 Å². The number of hydrogen-bond acceptors (Lipinski definition) is 2. The van der Waals surface area contributed by atoms with Crippen molar-refractivity contribution in [2.24, 2.45) is 0 Å². The molecule has 0 aliphatic heterocycles. The minimum atomic E-state index is -0.211. The third-order valence-corrected chi connectivity index (χ3v) is 0.311. The Labute approximate surface area is 63.3 Å². The largest absolute Gasteiger partial charge is 0.481 e. The Morgan fingerprint density at radius 3 is 2.12 bits per heavy atom. The molecule has 1 N–H and O–H groups in total. The fourth-order valence-electron chi connectivity index (χ4n) is 0.167. The minimum Gasteiger partial charge on any atom is -0.481 e. The third kappa shape index (κ3) is 16.7. The molecule has 0 fully saturated rings. The average Bonchev–Trinajstić information content (AvgIpc) is 1.35. The van der Waals surface area contributed by atoms with Crippen LogP contribution in [0, 0.1) is 7.43 Å². The Morgan fingerprint density at radius 2 is 2.12 bits per heavy atom. The first-order valence-corrected chi connectivity index (χ1v) is 1.78. The molecule has 0 unspecified atom stereocenters. The first-order valence-electron chi connectivity index (χ1n) is 1.78. The summed E-state index contributed by atoms with van der Waals surface area (Å²) in [6, 6.07) is 0. The van der Waals surface area contributed by atoms with Crippen LogP contribution in [0.1, 0.15) is 6.92 Å². The molecule has 0 bridgehead atoms. The summed E-state index contributed by atoms with van der Waals surface area (Å²) >= 11 is 0. The van der Waals surface area contributed by atoms with Crippen molar-refractivity contribution in [3.05, 3.63) is 20.0 Å². The van der Waals surface area contributed by atoms with Gasteiger partial charge < -0.3 is 17.3 Å². The van der Waals surface area contributed by atoms with E-state index >= 15 is 0 Å². The summed E-state index contributed by atoms with van der Waals surface area (Å²) in [5.74, 6) is -0.211. The van der Waals surface area contributed by atoms with E-state index in [9.17, 15) is 0 Å². The first kappa shape index (κ1) is 15.7. The van der Waals surface area contributed by atoms with Crippen LogP contribution in [0.3, 0.4) is 0 Å². The van der Waals surface area contributed by atoms with Gasteiger partial charge in [-0.2, -0.15) is 0 Å². The monoisotopic (exact) mass is 167 g/mol. The van der Waals surface area contributed by atoms with Gasteiger partial charge in [-0.25, -0.2) is 0 Å². The number of hydrogen-bond donors (Lipinski definition) is 1. The molecule has 2 nitrogen and oxygen atoms in total. The van der Waals surface area contributed by atoms with Crippen LogP contribution in [0.4, 0.5) is 0 Å². The van der Waals surface area contributed by atoms with Crippen LogP contribution in [0.25, 0.3) is 0 Å². The molecule has 0 aromatic rings. The Hall–Kier alpha value is -0.0366. The van der Waals surface area contributed by atoms with Crippen LogP contribution >= 0.6 is 0 Å². The molecule has 0 heterocycles. The predicted octanol–water partition coefficient (Wildman–Crippen LogP) is 1.50. The van der Waals surface area contributed by atoms with Crippen molar-refractivity contribution in [1.29, 1.82) is 0 Å². The summed E-state index contributed by atoms with van der Waals surface area (Å²) in [5.41, 5.74) is 0. The Balaban J connectivity index is -0.000000125. The van der Waals surface area contributed by atoms with Crippen LogP contribution in [0.5, 0.6) is 0 Å². The SMILES string of the molecule is C=C(O)OCC.[CH3-].[Zn]. The maximum atomic E-state index is 8.14. The molecule has 3 heteroatoms. The van der Waals surface area contributed by atoms with Gasteiger partial charge in [0.1, 0.15) is 0 Å². The van der Waals surface area contributed by atoms with Gasteiger partial charge in [-0.05, 0) is 13.5 Å². The molecule has 0 rings (SSSR count). The molecule has 8 heavy (non-hydrogen) atoms. The van der Waals surface area contributed by atoms with E-state index in [2.05, 4.69) is 11.3 Å². The van der Waals surface area contributed by atoms with E-state index in [1.54, 1.807) is 6.92 Å². The van der Waals surface area contributed by atoms with E-state index in [4.69, 9.17) is 5.11 Å². The molecule has 0 spiro atoms. The van der Waals surface area contributed by atoms with Crippen molar-refractivity contribution in [2.75, 3.05) is 6.61 Å². The second-order valence-electron chi connectivity index (χ2n) is 0.827. The summed E-state index contributed by atoms with van der Waals surface area (Å²) in [7, 11) is 0. The van der Waals surface area contributed by atoms with Gasteiger partial charge in [0.05, 0.1) is 6.61 Å². The number of rotatable bonds is 2. The Bertz CT molecular complexity index is 54.4. The quantitative estimate of drug-likeness (QED) is 0.385. The molecular formula is C5H11O2Zn-. The van der Waals surface area contributed by atoms with Crippen molar-refractivity contribution < 1.29 is 29.3 Å². The summed E-state index contributed by atoms with van der Waals surface area (Å²) in [6.07, 6.45) is 0. The number of ether oxygens (including phenoxy) is 1. The fraction of sp³-hybridized carbons (Fsp3) is 0.400. The van der Waals surface area contributed by atoms with Crippen molar-refractivity contribution in [3.8, 4) is 0 Å². The van der Waals surface area contributed by atoms with Gasteiger partial charge in [0.2, 0.25) is 0 Å². The summed E-state index contributed by atoms with van der Waals surface area (Å²) in [6.45, 7) is 5.34. The van der Waals surface area contributed by atoms with Crippen LogP contribution < -0.4 is 0 Å². The number of aliphatic hydroxyl groups is 1. The molecule has 0 aliphatic rings. The van der Waals surface area contributed by atoms with Crippen LogP contribution in [-0.2, 0) is 24.2 Å². The van der Waals surface area contributed by atoms with E-state index in [1.807, 2.05) is 0 Å². The van der Waals surface area contributed by atoms with Crippen molar-refractivity contribution >= 4 is 0 Å². The van der Waals surface area contributed by atoms with Crippen LogP contribution in [0.15, 0.2) is 12.5 Å². The molecule has 0 saturated carbocycles. The minimum absolute atomic E-state index is 0. The summed E-state index contributed by atoms with van der Waals surface area (Å²) < 4.78 is 4.40. The van der Waals surface area contributed by atoms with Crippen molar-refractivity contribution in [2.45, 2.75) is 6.92 Å². The molecule has 0 atom stereocenters. The molecule has 0 aromatic carbocycles. The van der Waals surface area contributed by atoms with Gasteiger partial charge in [0, 0.05) is 19.5 Å². The van der Waals surface area contributed by atoms with Gasteiger partial charge in [0.25, 0.3) is 5.95 Å². The molecule has 0 aromatic heterocycles. The zero-order valence-corrected chi connectivity index (χ0v) is 8.44. The van der Waals surface area contributed by atoms with Gasteiger partial charge in [0.15, 0.2) is 0 Å². The van der Waals surface area contributed by atoms with Gasteiger partial charge in [-0.1, -0.05) is 0 Å². The standard InChI is InChI=1S/C4H8O2.CH3.Zn/c1-3-6-4(2)5;;/h5H,2-3H2,1H3;1H3;/q;-1;. The van der Waals surface area contributed by atoms with Crippen molar-refractivity contribution in [3.63, 3.8) is 0 Å². The first-order chi connectivity index (χ1) is 2.77. The molecule has 46 valence electrons. The zero-order valence-electron chi connectivity index (χ0n) is 5.48. The van der Waals surface area contributed by atoms with E-state index in [1.165, 1.54) is 0 Å². The molecular weight excluding hydrogens is 157 g/mol. The summed E-state index contributed by atoms with van der Waals surface area (Å²) in [5, 5.41) is 8.14. The second kappa shape index (κ2) is 10.1. The topological polar surface area (TPSA) is 29.5 Å². The summed E-state index contributed by atoms with van der Waals surface area (Å²) in [4.78, 5) is 0. The zero-order chi connectivity index (χ0) is 4.99. The average molecular weight is 169 g/mol. The van der Waals surface area contributed by atoms with Gasteiger partial charge >= 0.3 is 0 Å². The molecule has 0 aliphatic carbocycles. The van der Waals surface area contributed by atoms with E-state index in [-0.39, 0.29) is 32.8 Å². The third-order valence-electron chi connectivity index (χ3n) is 0.311. The molecule has 0 saturated heterocycles. The Morgan fingerprint density at radius 1 is 1.75 bits per heavy atom. The molecule has 0 amide bonds. The maximum absolute atomic E-state index is 8.14. The van der Waals surface area contributed by atoms with Crippen LogP contribution in [0.2, 0.25) is 0 Å². The fourth-order valence-corrected chi connectivity index (χ4v) is 0.167. The predicted molar refractivity (Wildman–Crippen MR) is 29.8 cm³/mol. The smallest absolute Gasteiger partial charge is 0.268 e. The van der Waals surface area contributed by atoms with Crippen molar-refractivity contribution in [1.82, 2.24) is 0 Å². The second-order valence-corrected chi connectivity index (χ2v) is 0.827. The van der Waals surface area contributed by atoms with E-state index < -0.39 is 0 Å². The molecule has 0 radical (unpaired) electrons.